The van der Waals surface area contributed by atoms with Crippen molar-refractivity contribution in [1.29, 1.82) is 0 Å². The first-order valence-corrected chi connectivity index (χ1v) is 8.71. The minimum Gasteiger partial charge on any atom is -0.490 e. The van der Waals surface area contributed by atoms with Crippen molar-refractivity contribution in [2.45, 2.75) is 18.9 Å². The zero-order valence-corrected chi connectivity index (χ0v) is 15.1. The van der Waals surface area contributed by atoms with Crippen LogP contribution < -0.4 is 10.1 Å². The highest BCUT2D eigenvalue weighted by Gasteiger charge is 2.18. The van der Waals surface area contributed by atoms with Crippen molar-refractivity contribution in [2.75, 3.05) is 33.5 Å². The fourth-order valence-electron chi connectivity index (χ4n) is 2.68. The summed E-state index contributed by atoms with van der Waals surface area (Å²) in [5.74, 6) is 0.429. The van der Waals surface area contributed by atoms with Crippen LogP contribution in [0.3, 0.4) is 0 Å². The number of carbonyl (C=O) groups excluding carboxylic acids is 1. The van der Waals surface area contributed by atoms with E-state index in [1.165, 1.54) is 0 Å². The Morgan fingerprint density at radius 2 is 2.25 bits per heavy atom. The first kappa shape index (κ1) is 17.3. The lowest BCUT2D eigenvalue weighted by Gasteiger charge is -2.12. The number of hydrogen-bond acceptors (Lipinski definition) is 5. The van der Waals surface area contributed by atoms with Crippen LogP contribution >= 0.6 is 15.9 Å². The predicted molar refractivity (Wildman–Crippen MR) is 92.6 cm³/mol. The SMILES string of the molecule is COCCOc1cc(C(=O)NCC2CCCO2)cc2oc(Br)cc12. The first-order valence-electron chi connectivity index (χ1n) is 7.92. The van der Waals surface area contributed by atoms with Gasteiger partial charge in [0.1, 0.15) is 17.9 Å². The Morgan fingerprint density at radius 1 is 1.38 bits per heavy atom. The van der Waals surface area contributed by atoms with Crippen LogP contribution in [0.2, 0.25) is 0 Å². The van der Waals surface area contributed by atoms with E-state index in [9.17, 15) is 4.79 Å². The van der Waals surface area contributed by atoms with E-state index in [0.29, 0.717) is 41.3 Å². The molecule has 1 fully saturated rings. The summed E-state index contributed by atoms with van der Waals surface area (Å²) in [6.45, 7) is 2.15. The average molecular weight is 398 g/mol. The molecule has 1 amide bonds. The molecule has 0 radical (unpaired) electrons. The van der Waals surface area contributed by atoms with E-state index in [1.807, 2.05) is 6.07 Å². The number of amides is 1. The number of benzene rings is 1. The number of halogens is 1. The Balaban J connectivity index is 1.77. The van der Waals surface area contributed by atoms with Gasteiger partial charge in [-0.15, -0.1) is 0 Å². The van der Waals surface area contributed by atoms with E-state index in [4.69, 9.17) is 18.6 Å². The van der Waals surface area contributed by atoms with Crippen molar-refractivity contribution in [1.82, 2.24) is 5.32 Å². The lowest BCUT2D eigenvalue weighted by atomic mass is 10.1. The summed E-state index contributed by atoms with van der Waals surface area (Å²) in [7, 11) is 1.61. The number of fused-ring (bicyclic) bond motifs is 1. The van der Waals surface area contributed by atoms with E-state index < -0.39 is 0 Å². The van der Waals surface area contributed by atoms with Gasteiger partial charge in [-0.3, -0.25) is 4.79 Å². The molecule has 3 rings (SSSR count). The number of carbonyl (C=O) groups is 1. The molecule has 0 aliphatic carbocycles. The zero-order valence-electron chi connectivity index (χ0n) is 13.5. The van der Waals surface area contributed by atoms with E-state index in [2.05, 4.69) is 21.2 Å². The van der Waals surface area contributed by atoms with E-state index in [1.54, 1.807) is 19.2 Å². The third-order valence-corrected chi connectivity index (χ3v) is 4.28. The molecule has 2 heterocycles. The molecule has 6 nitrogen and oxygen atoms in total. The molecule has 1 atom stereocenters. The molecule has 0 spiro atoms. The molecule has 7 heteroatoms. The van der Waals surface area contributed by atoms with Gasteiger partial charge in [0.2, 0.25) is 0 Å². The second-order valence-electron chi connectivity index (χ2n) is 5.62. The molecule has 24 heavy (non-hydrogen) atoms. The van der Waals surface area contributed by atoms with Crippen LogP contribution in [-0.2, 0) is 9.47 Å². The summed E-state index contributed by atoms with van der Waals surface area (Å²) >= 11 is 3.31. The number of hydrogen-bond donors (Lipinski definition) is 1. The highest BCUT2D eigenvalue weighted by Crippen LogP contribution is 2.32. The van der Waals surface area contributed by atoms with Gasteiger partial charge in [0.15, 0.2) is 4.67 Å². The number of furan rings is 1. The second kappa shape index (κ2) is 8.00. The Hall–Kier alpha value is -1.57. The van der Waals surface area contributed by atoms with Crippen LogP contribution in [0.1, 0.15) is 23.2 Å². The number of nitrogens with one attached hydrogen (secondary N) is 1. The number of ether oxygens (including phenoxy) is 3. The molecule has 1 aromatic heterocycles. The molecule has 1 unspecified atom stereocenters. The van der Waals surface area contributed by atoms with Gasteiger partial charge >= 0.3 is 0 Å². The molecule has 2 aromatic rings. The smallest absolute Gasteiger partial charge is 0.251 e. The van der Waals surface area contributed by atoms with E-state index in [0.717, 1.165) is 24.8 Å². The van der Waals surface area contributed by atoms with Crippen LogP contribution in [0.4, 0.5) is 0 Å². The summed E-state index contributed by atoms with van der Waals surface area (Å²) in [6, 6.07) is 5.27. The highest BCUT2D eigenvalue weighted by molar-refractivity contribution is 9.10. The normalized spacial score (nSPS) is 17.3. The maximum Gasteiger partial charge on any atom is 0.251 e. The topological polar surface area (TPSA) is 69.9 Å². The predicted octanol–water partition coefficient (Wildman–Crippen LogP) is 3.13. The van der Waals surface area contributed by atoms with Gasteiger partial charge in [-0.05, 0) is 40.9 Å². The minimum absolute atomic E-state index is 0.105. The van der Waals surface area contributed by atoms with Crippen LogP contribution in [0.5, 0.6) is 5.75 Å². The van der Waals surface area contributed by atoms with Gasteiger partial charge < -0.3 is 23.9 Å². The standard InChI is InChI=1S/C17H20BrNO5/c1-21-5-6-23-14-7-11(8-15-13(14)9-16(18)24-15)17(20)19-10-12-3-2-4-22-12/h7-9,12H,2-6,10H2,1H3,(H,19,20). The van der Waals surface area contributed by atoms with Crippen molar-refractivity contribution in [2.24, 2.45) is 0 Å². The molecule has 0 saturated carbocycles. The molecule has 1 aliphatic heterocycles. The zero-order chi connectivity index (χ0) is 16.9. The molecule has 1 aliphatic rings. The monoisotopic (exact) mass is 397 g/mol. The van der Waals surface area contributed by atoms with Gasteiger partial charge in [0.05, 0.1) is 18.1 Å². The summed E-state index contributed by atoms with van der Waals surface area (Å²) < 4.78 is 22.4. The molecule has 1 N–H and O–H groups in total. The number of rotatable bonds is 7. The fourth-order valence-corrected chi connectivity index (χ4v) is 3.08. The first-order chi connectivity index (χ1) is 11.7. The fraction of sp³-hybridized carbons (Fsp3) is 0.471. The third-order valence-electron chi connectivity index (χ3n) is 3.89. The van der Waals surface area contributed by atoms with Crippen LogP contribution in [0, 0.1) is 0 Å². The maximum atomic E-state index is 12.4. The Labute approximate surface area is 148 Å². The van der Waals surface area contributed by atoms with Crippen molar-refractivity contribution < 1.29 is 23.4 Å². The average Bonchev–Trinajstić information content (AvgIpc) is 3.21. The minimum atomic E-state index is -0.170. The Kier molecular flexibility index (Phi) is 5.76. The van der Waals surface area contributed by atoms with Crippen molar-refractivity contribution >= 4 is 32.8 Å². The Morgan fingerprint density at radius 3 is 3.00 bits per heavy atom. The summed E-state index contributed by atoms with van der Waals surface area (Å²) in [5, 5.41) is 3.72. The number of methoxy groups -OCH3 is 1. The van der Waals surface area contributed by atoms with Crippen molar-refractivity contribution in [3.05, 3.63) is 28.4 Å². The molecule has 1 aromatic carbocycles. The lowest BCUT2D eigenvalue weighted by molar-refractivity contribution is 0.0857. The maximum absolute atomic E-state index is 12.4. The van der Waals surface area contributed by atoms with Crippen LogP contribution in [0.15, 0.2) is 27.3 Å². The van der Waals surface area contributed by atoms with Gasteiger partial charge in [-0.2, -0.15) is 0 Å². The molecule has 130 valence electrons. The molecule has 1 saturated heterocycles. The quantitative estimate of drug-likeness (QED) is 0.726. The van der Waals surface area contributed by atoms with Gasteiger partial charge in [-0.25, -0.2) is 0 Å². The van der Waals surface area contributed by atoms with Gasteiger partial charge in [-0.1, -0.05) is 0 Å². The largest absolute Gasteiger partial charge is 0.490 e. The molecular formula is C17H20BrNO5. The summed E-state index contributed by atoms with van der Waals surface area (Å²) in [6.07, 6.45) is 2.13. The van der Waals surface area contributed by atoms with E-state index in [-0.39, 0.29) is 12.0 Å². The highest BCUT2D eigenvalue weighted by atomic mass is 79.9. The van der Waals surface area contributed by atoms with E-state index >= 15 is 0 Å². The van der Waals surface area contributed by atoms with Crippen LogP contribution in [-0.4, -0.2) is 45.5 Å². The van der Waals surface area contributed by atoms with Gasteiger partial charge in [0.25, 0.3) is 5.91 Å². The molecular weight excluding hydrogens is 378 g/mol. The van der Waals surface area contributed by atoms with Crippen molar-refractivity contribution in [3.8, 4) is 5.75 Å². The van der Waals surface area contributed by atoms with Crippen molar-refractivity contribution in [3.63, 3.8) is 0 Å². The Bertz CT molecular complexity index is 708. The molecule has 0 bridgehead atoms. The van der Waals surface area contributed by atoms with Crippen LogP contribution in [0.25, 0.3) is 11.0 Å². The third kappa shape index (κ3) is 4.09. The van der Waals surface area contributed by atoms with Gasteiger partial charge in [0, 0.05) is 31.9 Å². The lowest BCUT2D eigenvalue weighted by Crippen LogP contribution is -2.31. The summed E-state index contributed by atoms with van der Waals surface area (Å²) in [4.78, 5) is 12.4. The summed E-state index contributed by atoms with van der Waals surface area (Å²) in [5.41, 5.74) is 1.09. The second-order valence-corrected chi connectivity index (χ2v) is 6.40.